The summed E-state index contributed by atoms with van der Waals surface area (Å²) in [4.78, 5) is 2.18. The molecule has 0 saturated carbocycles. The zero-order chi connectivity index (χ0) is 10.8. The average Bonchev–Trinajstić information content (AvgIpc) is 2.29. The molecule has 1 rings (SSSR count). The van der Waals surface area contributed by atoms with Gasteiger partial charge in [-0.1, -0.05) is 0 Å². The first kappa shape index (κ1) is 12.1. The topological polar surface area (TPSA) is 0 Å². The number of unbranched alkanes of at least 4 members (excludes halogenated alkanes) is 2. The van der Waals surface area contributed by atoms with Crippen molar-refractivity contribution in [2.75, 3.05) is 0 Å². The van der Waals surface area contributed by atoms with Crippen molar-refractivity contribution in [3.63, 3.8) is 0 Å². The monoisotopic (exact) mass is 264 g/mol. The Morgan fingerprint density at radius 2 is 2.07 bits per heavy atom. The Morgan fingerprint density at radius 3 is 2.80 bits per heavy atom. The van der Waals surface area contributed by atoms with E-state index in [-0.39, 0.29) is 0 Å². The van der Waals surface area contributed by atoms with Crippen LogP contribution in [0.25, 0.3) is 0 Å². The van der Waals surface area contributed by atoms with Gasteiger partial charge in [0.15, 0.2) is 0 Å². The number of rotatable bonds is 4. The summed E-state index contributed by atoms with van der Waals surface area (Å²) in [6.45, 7) is 2.19. The third-order valence-electron chi connectivity index (χ3n) is 1.86. The molecule has 15 heavy (non-hydrogen) atoms. The summed E-state index contributed by atoms with van der Waals surface area (Å²) < 4.78 is 1.40. The Balaban J connectivity index is 2.24. The molecule has 0 bridgehead atoms. The van der Waals surface area contributed by atoms with Gasteiger partial charge in [0.25, 0.3) is 0 Å². The molecular weight excluding hydrogens is 247 g/mol. The molecule has 0 atom stereocenters. The van der Waals surface area contributed by atoms with Gasteiger partial charge in [-0.25, -0.2) is 0 Å². The predicted octanol–water partition coefficient (Wildman–Crippen LogP) is 2.72. The van der Waals surface area contributed by atoms with E-state index in [9.17, 15) is 0 Å². The summed E-state index contributed by atoms with van der Waals surface area (Å²) in [7, 11) is 0. The molecule has 0 nitrogen and oxygen atoms in total. The fraction of sp³-hybridized carbons (Fsp3) is 0.286. The molecule has 0 fully saturated rings. The summed E-state index contributed by atoms with van der Waals surface area (Å²) >= 11 is 0.431. The van der Waals surface area contributed by atoms with Gasteiger partial charge >= 0.3 is 98.8 Å². The first-order valence-electron chi connectivity index (χ1n) is 5.28. The Kier molecular flexibility index (Phi) is 6.75. The third-order valence-corrected chi connectivity index (χ3v) is 3.57. The first-order chi connectivity index (χ1) is 7.43. The van der Waals surface area contributed by atoms with Crippen LogP contribution in [0.3, 0.4) is 0 Å². The summed E-state index contributed by atoms with van der Waals surface area (Å²) in [5.41, 5.74) is 0. The maximum absolute atomic E-state index is 3.15. The van der Waals surface area contributed by atoms with Gasteiger partial charge < -0.3 is 0 Å². The Morgan fingerprint density at radius 1 is 1.27 bits per heavy atom. The minimum absolute atomic E-state index is 0.431. The van der Waals surface area contributed by atoms with Gasteiger partial charge in [-0.05, 0) is 0 Å². The minimum atomic E-state index is 0.431. The molecule has 0 spiro atoms. The van der Waals surface area contributed by atoms with Crippen molar-refractivity contribution in [2.24, 2.45) is 0 Å². The number of allylic oxidation sites excluding steroid dienone is 1. The Bertz CT molecular complexity index is 341. The van der Waals surface area contributed by atoms with E-state index in [1.807, 2.05) is 12.1 Å². The molecule has 0 aliphatic rings. The van der Waals surface area contributed by atoms with Crippen LogP contribution < -0.4 is 4.46 Å². The second-order valence-corrected chi connectivity index (χ2v) is 5.21. The second kappa shape index (κ2) is 8.36. The van der Waals surface area contributed by atoms with E-state index >= 15 is 0 Å². The van der Waals surface area contributed by atoms with Crippen molar-refractivity contribution in [1.82, 2.24) is 0 Å². The molecule has 0 saturated heterocycles. The van der Waals surface area contributed by atoms with E-state index in [1.165, 1.54) is 17.3 Å². The van der Waals surface area contributed by atoms with E-state index in [1.54, 1.807) is 0 Å². The van der Waals surface area contributed by atoms with Gasteiger partial charge in [-0.3, -0.25) is 0 Å². The van der Waals surface area contributed by atoms with Crippen molar-refractivity contribution in [3.05, 3.63) is 41.4 Å². The van der Waals surface area contributed by atoms with Crippen LogP contribution in [0.4, 0.5) is 0 Å². The standard InChI is InChI=1S/C14H16Se/c1-2-3-4-5-6-10-13-15-14-11-8-7-9-12-14/h7-13H,2-4H2,1H3/b13-10-. The molecule has 0 aliphatic heterocycles. The Labute approximate surface area is 98.9 Å². The predicted molar refractivity (Wildman–Crippen MR) is 68.3 cm³/mol. The van der Waals surface area contributed by atoms with Gasteiger partial charge in [0, 0.05) is 0 Å². The van der Waals surface area contributed by atoms with Crippen molar-refractivity contribution < 1.29 is 0 Å². The third kappa shape index (κ3) is 6.18. The number of benzene rings is 1. The van der Waals surface area contributed by atoms with E-state index in [2.05, 4.69) is 48.0 Å². The molecular formula is C14H16Se. The fourth-order valence-electron chi connectivity index (χ4n) is 1.04. The maximum atomic E-state index is 3.15. The van der Waals surface area contributed by atoms with E-state index < -0.39 is 0 Å². The molecule has 0 unspecified atom stereocenters. The summed E-state index contributed by atoms with van der Waals surface area (Å²) in [6, 6.07) is 10.5. The van der Waals surface area contributed by atoms with Gasteiger partial charge in [0.1, 0.15) is 0 Å². The molecule has 0 heterocycles. The van der Waals surface area contributed by atoms with Crippen LogP contribution in [-0.4, -0.2) is 15.0 Å². The fourth-order valence-corrected chi connectivity index (χ4v) is 2.32. The molecule has 1 aromatic rings. The first-order valence-corrected chi connectivity index (χ1v) is 7.13. The quantitative estimate of drug-likeness (QED) is 0.445. The van der Waals surface area contributed by atoms with Crippen LogP contribution in [0.1, 0.15) is 26.2 Å². The zero-order valence-electron chi connectivity index (χ0n) is 9.07. The number of hydrogen-bond donors (Lipinski definition) is 0. The molecule has 78 valence electrons. The van der Waals surface area contributed by atoms with Crippen LogP contribution in [0.5, 0.6) is 0 Å². The van der Waals surface area contributed by atoms with Gasteiger partial charge in [0.05, 0.1) is 0 Å². The second-order valence-electron chi connectivity index (χ2n) is 3.16. The van der Waals surface area contributed by atoms with E-state index in [0.29, 0.717) is 15.0 Å². The van der Waals surface area contributed by atoms with Crippen LogP contribution in [-0.2, 0) is 0 Å². The van der Waals surface area contributed by atoms with Crippen molar-refractivity contribution in [1.29, 1.82) is 0 Å². The summed E-state index contributed by atoms with van der Waals surface area (Å²) in [5.74, 6) is 6.22. The van der Waals surface area contributed by atoms with Crippen LogP contribution in [0.2, 0.25) is 0 Å². The van der Waals surface area contributed by atoms with Crippen LogP contribution in [0, 0.1) is 11.8 Å². The molecule has 0 amide bonds. The number of hydrogen-bond acceptors (Lipinski definition) is 0. The van der Waals surface area contributed by atoms with E-state index in [0.717, 1.165) is 6.42 Å². The van der Waals surface area contributed by atoms with Crippen molar-refractivity contribution in [3.8, 4) is 11.8 Å². The molecule has 1 heteroatoms. The van der Waals surface area contributed by atoms with E-state index in [4.69, 9.17) is 0 Å². The van der Waals surface area contributed by atoms with Crippen LogP contribution in [0.15, 0.2) is 41.4 Å². The molecule has 0 radical (unpaired) electrons. The van der Waals surface area contributed by atoms with Crippen molar-refractivity contribution >= 4 is 19.4 Å². The summed E-state index contributed by atoms with van der Waals surface area (Å²) in [5, 5.41) is 0. The molecule has 1 aromatic carbocycles. The molecule has 0 N–H and O–H groups in total. The summed E-state index contributed by atoms with van der Waals surface area (Å²) in [6.07, 6.45) is 5.46. The zero-order valence-corrected chi connectivity index (χ0v) is 10.8. The van der Waals surface area contributed by atoms with Gasteiger partial charge in [-0.2, -0.15) is 0 Å². The molecule has 0 aliphatic carbocycles. The van der Waals surface area contributed by atoms with Crippen LogP contribution >= 0.6 is 0 Å². The van der Waals surface area contributed by atoms with Gasteiger partial charge in [0.2, 0.25) is 0 Å². The van der Waals surface area contributed by atoms with Crippen molar-refractivity contribution in [2.45, 2.75) is 26.2 Å². The average molecular weight is 263 g/mol. The normalized spacial score (nSPS) is 9.93. The molecule has 0 aromatic heterocycles. The Hall–Kier alpha value is -0.961. The SMILES string of the molecule is CCCCC#C/C=C\[Se]c1ccccc1. The van der Waals surface area contributed by atoms with Gasteiger partial charge in [-0.15, -0.1) is 0 Å².